The molecule has 7 heteroatoms. The predicted octanol–water partition coefficient (Wildman–Crippen LogP) is 3.62. The molecule has 1 amide bonds. The highest BCUT2D eigenvalue weighted by Gasteiger charge is 2.25. The molecule has 0 radical (unpaired) electrons. The van der Waals surface area contributed by atoms with E-state index in [1.54, 1.807) is 12.1 Å². The van der Waals surface area contributed by atoms with E-state index >= 15 is 0 Å². The second-order valence-electron chi connectivity index (χ2n) is 7.84. The Balaban J connectivity index is 1.50. The predicted molar refractivity (Wildman–Crippen MR) is 115 cm³/mol. The highest BCUT2D eigenvalue weighted by molar-refractivity contribution is 7.89. The molecule has 154 valence electrons. The van der Waals surface area contributed by atoms with Crippen molar-refractivity contribution in [2.24, 2.45) is 5.92 Å². The zero-order valence-corrected chi connectivity index (χ0v) is 17.2. The molecule has 1 aliphatic carbocycles. The number of sulfonamides is 1. The van der Waals surface area contributed by atoms with Gasteiger partial charge < -0.3 is 10.2 Å². The van der Waals surface area contributed by atoms with Crippen LogP contribution in [0.4, 0.5) is 11.4 Å². The minimum Gasteiger partial charge on any atom is -0.370 e. The van der Waals surface area contributed by atoms with Crippen LogP contribution in [0.3, 0.4) is 0 Å². The van der Waals surface area contributed by atoms with E-state index in [2.05, 4.69) is 14.9 Å². The number of rotatable bonds is 7. The lowest BCUT2D eigenvalue weighted by atomic mass is 10.1. The van der Waals surface area contributed by atoms with Gasteiger partial charge in [-0.2, -0.15) is 0 Å². The van der Waals surface area contributed by atoms with Gasteiger partial charge in [0.25, 0.3) is 5.91 Å². The molecule has 1 aliphatic heterocycles. The van der Waals surface area contributed by atoms with Crippen molar-refractivity contribution >= 4 is 27.3 Å². The summed E-state index contributed by atoms with van der Waals surface area (Å²) in [5.74, 6) is 0.135. The van der Waals surface area contributed by atoms with E-state index in [0.717, 1.165) is 50.1 Å². The molecule has 0 spiro atoms. The summed E-state index contributed by atoms with van der Waals surface area (Å²) in [4.78, 5) is 15.3. The van der Waals surface area contributed by atoms with Gasteiger partial charge in [-0.15, -0.1) is 0 Å². The van der Waals surface area contributed by atoms with E-state index in [-0.39, 0.29) is 10.8 Å². The minimum absolute atomic E-state index is 0.120. The Hall–Kier alpha value is -2.38. The van der Waals surface area contributed by atoms with Gasteiger partial charge in [-0.05, 0) is 68.4 Å². The molecule has 0 unspecified atom stereocenters. The van der Waals surface area contributed by atoms with Gasteiger partial charge in [0.1, 0.15) is 0 Å². The van der Waals surface area contributed by atoms with Crippen molar-refractivity contribution in [2.45, 2.75) is 37.0 Å². The third-order valence-electron chi connectivity index (χ3n) is 5.51. The average molecular weight is 414 g/mol. The lowest BCUT2D eigenvalue weighted by Gasteiger charge is -2.30. The first-order chi connectivity index (χ1) is 14.0. The fraction of sp³-hybridized carbons (Fsp3) is 0.409. The van der Waals surface area contributed by atoms with Crippen LogP contribution in [-0.2, 0) is 10.0 Å². The van der Waals surface area contributed by atoms with Crippen LogP contribution in [0, 0.1) is 5.92 Å². The molecular weight excluding hydrogens is 386 g/mol. The standard InChI is InChI=1S/C22H27N3O3S/c26-22(24-20-9-2-3-10-21(20)25-13-4-1-5-14-25)18-7-6-8-19(15-18)29(27,28)23-16-17-11-12-17/h2-3,6-10,15,17,23H,1,4-5,11-14,16H2,(H,24,26). The van der Waals surface area contributed by atoms with Crippen molar-refractivity contribution in [2.75, 3.05) is 29.9 Å². The molecule has 1 saturated carbocycles. The Morgan fingerprint density at radius 2 is 1.76 bits per heavy atom. The van der Waals surface area contributed by atoms with Crippen LogP contribution in [0.15, 0.2) is 53.4 Å². The molecule has 29 heavy (non-hydrogen) atoms. The van der Waals surface area contributed by atoms with E-state index in [0.29, 0.717) is 18.0 Å². The number of piperidine rings is 1. The number of para-hydroxylation sites is 2. The molecule has 2 N–H and O–H groups in total. The average Bonchev–Trinajstić information content (AvgIpc) is 3.58. The smallest absolute Gasteiger partial charge is 0.255 e. The Morgan fingerprint density at radius 3 is 2.52 bits per heavy atom. The number of benzene rings is 2. The molecule has 2 aromatic rings. The monoisotopic (exact) mass is 413 g/mol. The quantitative estimate of drug-likeness (QED) is 0.727. The van der Waals surface area contributed by atoms with E-state index in [9.17, 15) is 13.2 Å². The first kappa shape index (κ1) is 19.9. The number of nitrogens with one attached hydrogen (secondary N) is 2. The zero-order chi connectivity index (χ0) is 20.3. The van der Waals surface area contributed by atoms with Crippen LogP contribution in [-0.4, -0.2) is 34.0 Å². The molecule has 0 aromatic heterocycles. The van der Waals surface area contributed by atoms with Gasteiger partial charge in [0.05, 0.1) is 16.3 Å². The third kappa shape index (κ3) is 4.97. The fourth-order valence-corrected chi connectivity index (χ4v) is 4.78. The van der Waals surface area contributed by atoms with Crippen molar-refractivity contribution < 1.29 is 13.2 Å². The Labute approximate surface area is 172 Å². The van der Waals surface area contributed by atoms with Crippen molar-refractivity contribution in [3.05, 3.63) is 54.1 Å². The maximum absolute atomic E-state index is 12.9. The number of anilines is 2. The summed E-state index contributed by atoms with van der Waals surface area (Å²) in [6, 6.07) is 14.0. The fourth-order valence-electron chi connectivity index (χ4n) is 3.62. The maximum Gasteiger partial charge on any atom is 0.255 e. The summed E-state index contributed by atoms with van der Waals surface area (Å²) in [7, 11) is -3.61. The van der Waals surface area contributed by atoms with Crippen LogP contribution in [0.2, 0.25) is 0 Å². The second kappa shape index (κ2) is 8.55. The van der Waals surface area contributed by atoms with Crippen molar-refractivity contribution in [3.63, 3.8) is 0 Å². The van der Waals surface area contributed by atoms with E-state index in [1.807, 2.05) is 24.3 Å². The first-order valence-corrected chi connectivity index (χ1v) is 11.8. The van der Waals surface area contributed by atoms with Crippen LogP contribution in [0.25, 0.3) is 0 Å². The molecule has 2 fully saturated rings. The molecule has 1 saturated heterocycles. The number of hydrogen-bond acceptors (Lipinski definition) is 4. The molecule has 0 bridgehead atoms. The van der Waals surface area contributed by atoms with Crippen molar-refractivity contribution in [1.29, 1.82) is 0 Å². The molecule has 1 heterocycles. The molecule has 2 aliphatic rings. The van der Waals surface area contributed by atoms with E-state index in [1.165, 1.54) is 18.6 Å². The highest BCUT2D eigenvalue weighted by atomic mass is 32.2. The lowest BCUT2D eigenvalue weighted by Crippen LogP contribution is -2.30. The summed E-state index contributed by atoms with van der Waals surface area (Å²) < 4.78 is 27.7. The van der Waals surface area contributed by atoms with Crippen LogP contribution in [0.5, 0.6) is 0 Å². The summed E-state index contributed by atoms with van der Waals surface area (Å²) in [5, 5.41) is 2.97. The molecule has 0 atom stereocenters. The number of hydrogen-bond donors (Lipinski definition) is 2. The Morgan fingerprint density at radius 1 is 1.00 bits per heavy atom. The van der Waals surface area contributed by atoms with Crippen LogP contribution in [0.1, 0.15) is 42.5 Å². The Kier molecular flexibility index (Phi) is 5.87. The van der Waals surface area contributed by atoms with Gasteiger partial charge in [0.15, 0.2) is 0 Å². The van der Waals surface area contributed by atoms with Crippen LogP contribution < -0.4 is 14.9 Å². The molecule has 6 nitrogen and oxygen atoms in total. The normalized spacial score (nSPS) is 17.2. The summed E-state index contributed by atoms with van der Waals surface area (Å²) >= 11 is 0. The summed E-state index contributed by atoms with van der Waals surface area (Å²) in [6.45, 7) is 2.42. The number of carbonyl (C=O) groups excluding carboxylic acids is 1. The SMILES string of the molecule is O=C(Nc1ccccc1N1CCCCC1)c1cccc(S(=O)(=O)NCC2CC2)c1. The van der Waals surface area contributed by atoms with Gasteiger partial charge in [0.2, 0.25) is 10.0 Å². The zero-order valence-electron chi connectivity index (χ0n) is 16.4. The van der Waals surface area contributed by atoms with Gasteiger partial charge in [0, 0.05) is 25.2 Å². The topological polar surface area (TPSA) is 78.5 Å². The third-order valence-corrected chi connectivity index (χ3v) is 6.94. The highest BCUT2D eigenvalue weighted by Crippen LogP contribution is 2.29. The van der Waals surface area contributed by atoms with E-state index in [4.69, 9.17) is 0 Å². The Bertz CT molecular complexity index is 980. The van der Waals surface area contributed by atoms with Gasteiger partial charge in [-0.3, -0.25) is 4.79 Å². The molecule has 2 aromatic carbocycles. The van der Waals surface area contributed by atoms with Crippen molar-refractivity contribution in [1.82, 2.24) is 4.72 Å². The lowest BCUT2D eigenvalue weighted by molar-refractivity contribution is 0.102. The number of carbonyl (C=O) groups is 1. The first-order valence-electron chi connectivity index (χ1n) is 10.3. The molecule has 4 rings (SSSR count). The van der Waals surface area contributed by atoms with Crippen molar-refractivity contribution in [3.8, 4) is 0 Å². The largest absolute Gasteiger partial charge is 0.370 e. The summed E-state index contributed by atoms with van der Waals surface area (Å²) in [6.07, 6.45) is 5.68. The number of nitrogens with zero attached hydrogens (tertiary/aromatic N) is 1. The summed E-state index contributed by atoms with van der Waals surface area (Å²) in [5.41, 5.74) is 2.09. The second-order valence-corrected chi connectivity index (χ2v) is 9.61. The maximum atomic E-state index is 12.9. The minimum atomic E-state index is -3.61. The molecular formula is C22H27N3O3S. The van der Waals surface area contributed by atoms with E-state index < -0.39 is 10.0 Å². The van der Waals surface area contributed by atoms with Gasteiger partial charge in [-0.25, -0.2) is 13.1 Å². The van der Waals surface area contributed by atoms with Crippen LogP contribution >= 0.6 is 0 Å². The number of amides is 1. The van der Waals surface area contributed by atoms with Gasteiger partial charge >= 0.3 is 0 Å². The van der Waals surface area contributed by atoms with Gasteiger partial charge in [-0.1, -0.05) is 18.2 Å².